The molecule has 8 heteroatoms. The van der Waals surface area contributed by atoms with Gasteiger partial charge in [-0.25, -0.2) is 0 Å². The third-order valence-electron chi connectivity index (χ3n) is 4.13. The Balaban J connectivity index is 2.00. The van der Waals surface area contributed by atoms with Gasteiger partial charge in [-0.1, -0.05) is 42.3 Å². The summed E-state index contributed by atoms with van der Waals surface area (Å²) in [7, 11) is 1.54. The number of hydrogen-bond acceptors (Lipinski definition) is 4. The van der Waals surface area contributed by atoms with Gasteiger partial charge in [0.25, 0.3) is 0 Å². The van der Waals surface area contributed by atoms with Gasteiger partial charge >= 0.3 is 0 Å². The number of halogens is 2. The molecule has 0 saturated carbocycles. The highest BCUT2D eigenvalue weighted by Gasteiger charge is 2.14. The van der Waals surface area contributed by atoms with Crippen molar-refractivity contribution in [2.24, 2.45) is 0 Å². The smallest absolute Gasteiger partial charge is 0.246 e. The zero-order valence-corrected chi connectivity index (χ0v) is 19.3. The number of carbonyl (C=O) groups is 2. The number of benzene rings is 2. The summed E-state index contributed by atoms with van der Waals surface area (Å²) in [5.41, 5.74) is 1.10. The second kappa shape index (κ2) is 12.2. The van der Waals surface area contributed by atoms with E-state index in [0.717, 1.165) is 12.0 Å². The van der Waals surface area contributed by atoms with Crippen LogP contribution in [-0.4, -0.2) is 43.5 Å². The number of anilines is 1. The topological polar surface area (TPSA) is 67.9 Å². The van der Waals surface area contributed by atoms with Gasteiger partial charge in [-0.15, -0.1) is 0 Å². The number of nitrogens with zero attached hydrogens (tertiary/aromatic N) is 1. The number of hydrogen-bond donors (Lipinski definition) is 1. The molecule has 6 nitrogen and oxygen atoms in total. The van der Waals surface area contributed by atoms with Crippen LogP contribution < -0.4 is 14.8 Å². The second-order valence-corrected chi connectivity index (χ2v) is 7.47. The van der Waals surface area contributed by atoms with Crippen LogP contribution in [0.3, 0.4) is 0 Å². The zero-order valence-electron chi connectivity index (χ0n) is 17.8. The molecule has 0 spiro atoms. The molecule has 0 radical (unpaired) electrons. The van der Waals surface area contributed by atoms with Gasteiger partial charge in [0.05, 0.1) is 35.5 Å². The first-order valence-electron chi connectivity index (χ1n) is 9.92. The average Bonchev–Trinajstić information content (AvgIpc) is 2.74. The van der Waals surface area contributed by atoms with Crippen LogP contribution in [-0.2, 0) is 9.59 Å². The summed E-state index contributed by atoms with van der Waals surface area (Å²) in [6.45, 7) is 4.87. The minimum absolute atomic E-state index is 0.154. The number of rotatable bonds is 10. The Morgan fingerprint density at radius 1 is 1.06 bits per heavy atom. The molecule has 2 aromatic carbocycles. The van der Waals surface area contributed by atoms with E-state index in [0.29, 0.717) is 40.4 Å². The van der Waals surface area contributed by atoms with Crippen LogP contribution in [0.15, 0.2) is 42.5 Å². The Kier molecular flexibility index (Phi) is 9.69. The molecule has 2 amide bonds. The number of ether oxygens (including phenoxy) is 2. The molecule has 0 bridgehead atoms. The van der Waals surface area contributed by atoms with Gasteiger partial charge in [-0.2, -0.15) is 0 Å². The zero-order chi connectivity index (χ0) is 22.8. The molecule has 0 atom stereocenters. The summed E-state index contributed by atoms with van der Waals surface area (Å²) in [4.78, 5) is 26.0. The Labute approximate surface area is 192 Å². The highest BCUT2D eigenvalue weighted by molar-refractivity contribution is 6.39. The predicted octanol–water partition coefficient (Wildman–Crippen LogP) is 5.29. The van der Waals surface area contributed by atoms with Gasteiger partial charge in [0.2, 0.25) is 11.8 Å². The molecule has 31 heavy (non-hydrogen) atoms. The average molecular weight is 465 g/mol. The van der Waals surface area contributed by atoms with Crippen molar-refractivity contribution in [2.45, 2.75) is 20.3 Å². The van der Waals surface area contributed by atoms with Crippen LogP contribution in [0.2, 0.25) is 10.0 Å². The van der Waals surface area contributed by atoms with Crippen LogP contribution in [0.1, 0.15) is 25.8 Å². The summed E-state index contributed by atoms with van der Waals surface area (Å²) in [6, 6.07) is 10.4. The van der Waals surface area contributed by atoms with Crippen molar-refractivity contribution in [1.29, 1.82) is 0 Å². The minimum Gasteiger partial charge on any atom is -0.490 e. The van der Waals surface area contributed by atoms with E-state index in [2.05, 4.69) is 5.32 Å². The molecule has 0 aliphatic rings. The molecular weight excluding hydrogens is 439 g/mol. The summed E-state index contributed by atoms with van der Waals surface area (Å²) >= 11 is 12.1. The van der Waals surface area contributed by atoms with Gasteiger partial charge in [-0.3, -0.25) is 9.59 Å². The predicted molar refractivity (Wildman–Crippen MR) is 125 cm³/mol. The van der Waals surface area contributed by atoms with Gasteiger partial charge in [0.1, 0.15) is 0 Å². The molecule has 0 aliphatic carbocycles. The van der Waals surface area contributed by atoms with E-state index < -0.39 is 5.91 Å². The number of likely N-dealkylation sites (N-methyl/N-ethyl adjacent to an activating group) is 1. The first-order chi connectivity index (χ1) is 14.8. The van der Waals surface area contributed by atoms with Crippen LogP contribution in [0.5, 0.6) is 11.5 Å². The van der Waals surface area contributed by atoms with Gasteiger partial charge in [0.15, 0.2) is 11.5 Å². The minimum atomic E-state index is -0.407. The lowest BCUT2D eigenvalue weighted by atomic mass is 10.2. The number of amides is 2. The van der Waals surface area contributed by atoms with E-state index in [-0.39, 0.29) is 12.5 Å². The molecule has 0 fully saturated rings. The van der Waals surface area contributed by atoms with Crippen LogP contribution >= 0.6 is 23.2 Å². The van der Waals surface area contributed by atoms with Crippen molar-refractivity contribution < 1.29 is 19.1 Å². The van der Waals surface area contributed by atoms with Crippen LogP contribution in [0.25, 0.3) is 6.08 Å². The Morgan fingerprint density at radius 2 is 1.77 bits per heavy atom. The lowest BCUT2D eigenvalue weighted by Gasteiger charge is -2.16. The third kappa shape index (κ3) is 7.49. The maximum atomic E-state index is 12.4. The molecule has 2 rings (SSSR count). The van der Waals surface area contributed by atoms with Crippen molar-refractivity contribution in [3.63, 3.8) is 0 Å². The van der Waals surface area contributed by atoms with E-state index in [9.17, 15) is 9.59 Å². The summed E-state index contributed by atoms with van der Waals surface area (Å²) in [5.74, 6) is 0.550. The fourth-order valence-corrected chi connectivity index (χ4v) is 3.10. The van der Waals surface area contributed by atoms with Crippen molar-refractivity contribution in [3.05, 3.63) is 58.1 Å². The summed E-state index contributed by atoms with van der Waals surface area (Å²) < 4.78 is 11.3. The monoisotopic (exact) mass is 464 g/mol. The van der Waals surface area contributed by atoms with Gasteiger partial charge in [0, 0.05) is 13.1 Å². The number of nitrogens with one attached hydrogen (secondary N) is 1. The standard InChI is InChI=1S/C23H26Cl2N2O4/c1-4-13-31-19-11-9-16(14-20(19)30-5-2)10-12-22(29)27(3)15-21(28)26-23-17(24)7-6-8-18(23)25/h6-12,14H,4-5,13,15H2,1-3H3,(H,26,28)/b12-10+. The maximum Gasteiger partial charge on any atom is 0.246 e. The summed E-state index contributed by atoms with van der Waals surface area (Å²) in [5, 5.41) is 3.28. The van der Waals surface area contributed by atoms with Crippen molar-refractivity contribution in [2.75, 3.05) is 32.1 Å². The van der Waals surface area contributed by atoms with Gasteiger partial charge < -0.3 is 19.7 Å². The molecule has 0 unspecified atom stereocenters. The van der Waals surface area contributed by atoms with Crippen molar-refractivity contribution in [1.82, 2.24) is 4.90 Å². The summed E-state index contributed by atoms with van der Waals surface area (Å²) in [6.07, 6.45) is 3.95. The Morgan fingerprint density at radius 3 is 2.42 bits per heavy atom. The highest BCUT2D eigenvalue weighted by Crippen LogP contribution is 2.30. The SMILES string of the molecule is CCCOc1ccc(/C=C/C(=O)N(C)CC(=O)Nc2c(Cl)cccc2Cl)cc1OCC. The van der Waals surface area contributed by atoms with Crippen LogP contribution in [0, 0.1) is 0 Å². The van der Waals surface area contributed by atoms with Gasteiger partial charge in [-0.05, 0) is 49.2 Å². The molecule has 0 saturated heterocycles. The second-order valence-electron chi connectivity index (χ2n) is 6.66. The lowest BCUT2D eigenvalue weighted by Crippen LogP contribution is -2.34. The van der Waals surface area contributed by atoms with E-state index in [1.165, 1.54) is 18.0 Å². The first kappa shape index (κ1) is 24.6. The maximum absolute atomic E-state index is 12.4. The quantitative estimate of drug-likeness (QED) is 0.484. The van der Waals surface area contributed by atoms with Crippen molar-refractivity contribution >= 4 is 46.8 Å². The first-order valence-corrected chi connectivity index (χ1v) is 10.7. The Bertz CT molecular complexity index is 927. The number of para-hydroxylation sites is 1. The fourth-order valence-electron chi connectivity index (χ4n) is 2.61. The fraction of sp³-hybridized carbons (Fsp3) is 0.304. The molecule has 0 aromatic heterocycles. The molecular formula is C23H26Cl2N2O4. The Hall–Kier alpha value is -2.70. The molecule has 1 N–H and O–H groups in total. The largest absolute Gasteiger partial charge is 0.490 e. The molecule has 2 aromatic rings. The van der Waals surface area contributed by atoms with E-state index in [1.807, 2.05) is 32.0 Å². The molecule has 0 aliphatic heterocycles. The third-order valence-corrected chi connectivity index (χ3v) is 4.76. The van der Waals surface area contributed by atoms with E-state index in [4.69, 9.17) is 32.7 Å². The van der Waals surface area contributed by atoms with E-state index in [1.54, 1.807) is 24.3 Å². The van der Waals surface area contributed by atoms with E-state index >= 15 is 0 Å². The van der Waals surface area contributed by atoms with Crippen molar-refractivity contribution in [3.8, 4) is 11.5 Å². The number of carbonyl (C=O) groups excluding carboxylic acids is 2. The normalized spacial score (nSPS) is 10.7. The van der Waals surface area contributed by atoms with Crippen LogP contribution in [0.4, 0.5) is 5.69 Å². The highest BCUT2D eigenvalue weighted by atomic mass is 35.5. The molecule has 0 heterocycles. The lowest BCUT2D eigenvalue weighted by molar-refractivity contribution is -0.129. The molecule has 166 valence electrons.